The average Bonchev–Trinajstić information content (AvgIpc) is 2.32. The van der Waals surface area contributed by atoms with Crippen molar-refractivity contribution in [2.75, 3.05) is 5.73 Å². The summed E-state index contributed by atoms with van der Waals surface area (Å²) in [4.78, 5) is 3.95. The fraction of sp³-hybridized carbons (Fsp3) is 0.267. The maximum atomic E-state index is 10.3. The van der Waals surface area contributed by atoms with E-state index in [2.05, 4.69) is 11.1 Å². The molecular formula is C15H18N2O. The molecule has 1 aromatic heterocycles. The number of rotatable bonds is 3. The summed E-state index contributed by atoms with van der Waals surface area (Å²) in [5.41, 5.74) is 9.87. The standard InChI is InChI=1S/C15H18N2O/c1-10-3-4-11(2)13(7-10)14(18)8-12-5-6-17-15(16)9-12/h3-7,9,14,18H,8H2,1-2H3,(H2,16,17). The molecule has 0 radical (unpaired) electrons. The van der Waals surface area contributed by atoms with Crippen LogP contribution in [0.15, 0.2) is 36.5 Å². The molecule has 3 N–H and O–H groups in total. The maximum absolute atomic E-state index is 10.3. The SMILES string of the molecule is Cc1ccc(C)c(C(O)Cc2ccnc(N)c2)c1. The van der Waals surface area contributed by atoms with Crippen LogP contribution in [0.1, 0.15) is 28.4 Å². The molecule has 0 aliphatic rings. The summed E-state index contributed by atoms with van der Waals surface area (Å²) in [5.74, 6) is 0.487. The third kappa shape index (κ3) is 2.87. The first-order valence-electron chi connectivity index (χ1n) is 6.02. The molecule has 1 aromatic carbocycles. The van der Waals surface area contributed by atoms with Gasteiger partial charge in [0.1, 0.15) is 5.82 Å². The van der Waals surface area contributed by atoms with Gasteiger partial charge in [-0.3, -0.25) is 0 Å². The summed E-state index contributed by atoms with van der Waals surface area (Å²) in [6.45, 7) is 4.04. The van der Waals surface area contributed by atoms with Gasteiger partial charge in [0.05, 0.1) is 6.10 Å². The number of nitrogens with zero attached hydrogens (tertiary/aromatic N) is 1. The minimum atomic E-state index is -0.508. The van der Waals surface area contributed by atoms with Crippen LogP contribution < -0.4 is 5.73 Å². The molecule has 3 nitrogen and oxygen atoms in total. The number of pyridine rings is 1. The van der Waals surface area contributed by atoms with Crippen LogP contribution in [-0.4, -0.2) is 10.1 Å². The molecule has 0 aliphatic heterocycles. The predicted molar refractivity (Wildman–Crippen MR) is 73.2 cm³/mol. The van der Waals surface area contributed by atoms with E-state index >= 15 is 0 Å². The highest BCUT2D eigenvalue weighted by atomic mass is 16.3. The second-order valence-electron chi connectivity index (χ2n) is 4.67. The number of nitrogen functional groups attached to an aromatic ring is 1. The molecule has 18 heavy (non-hydrogen) atoms. The number of hydrogen-bond donors (Lipinski definition) is 2. The minimum Gasteiger partial charge on any atom is -0.388 e. The highest BCUT2D eigenvalue weighted by Crippen LogP contribution is 2.23. The van der Waals surface area contributed by atoms with Gasteiger partial charge in [0, 0.05) is 12.6 Å². The van der Waals surface area contributed by atoms with Crippen LogP contribution in [0.25, 0.3) is 0 Å². The van der Waals surface area contributed by atoms with Crippen LogP contribution in [0.2, 0.25) is 0 Å². The Labute approximate surface area is 107 Å². The number of aliphatic hydroxyl groups is 1. The first-order valence-corrected chi connectivity index (χ1v) is 6.02. The van der Waals surface area contributed by atoms with Gasteiger partial charge in [-0.2, -0.15) is 0 Å². The maximum Gasteiger partial charge on any atom is 0.123 e. The van der Waals surface area contributed by atoms with Gasteiger partial charge in [-0.05, 0) is 42.7 Å². The Kier molecular flexibility index (Phi) is 3.63. The minimum absolute atomic E-state index is 0.487. The molecule has 0 saturated heterocycles. The summed E-state index contributed by atoms with van der Waals surface area (Å²) in [7, 11) is 0. The van der Waals surface area contributed by atoms with E-state index in [1.165, 1.54) is 0 Å². The smallest absolute Gasteiger partial charge is 0.123 e. The van der Waals surface area contributed by atoms with Crippen LogP contribution >= 0.6 is 0 Å². The summed E-state index contributed by atoms with van der Waals surface area (Å²) >= 11 is 0. The van der Waals surface area contributed by atoms with E-state index in [-0.39, 0.29) is 0 Å². The van der Waals surface area contributed by atoms with E-state index in [9.17, 15) is 5.11 Å². The van der Waals surface area contributed by atoms with Crippen molar-refractivity contribution in [3.8, 4) is 0 Å². The van der Waals surface area contributed by atoms with Gasteiger partial charge in [-0.25, -0.2) is 4.98 Å². The van der Waals surface area contributed by atoms with Gasteiger partial charge in [0.2, 0.25) is 0 Å². The van der Waals surface area contributed by atoms with Crippen LogP contribution in [0.4, 0.5) is 5.82 Å². The van der Waals surface area contributed by atoms with E-state index in [0.717, 1.165) is 22.3 Å². The van der Waals surface area contributed by atoms with Crippen LogP contribution in [0.3, 0.4) is 0 Å². The summed E-state index contributed by atoms with van der Waals surface area (Å²) in [6.07, 6.45) is 1.71. The van der Waals surface area contributed by atoms with Crippen LogP contribution in [0, 0.1) is 13.8 Å². The molecule has 0 amide bonds. The van der Waals surface area contributed by atoms with E-state index < -0.39 is 6.10 Å². The second-order valence-corrected chi connectivity index (χ2v) is 4.67. The lowest BCUT2D eigenvalue weighted by Crippen LogP contribution is -2.05. The molecule has 1 heterocycles. The number of hydrogen-bond acceptors (Lipinski definition) is 3. The molecule has 0 fully saturated rings. The lowest BCUT2D eigenvalue weighted by Gasteiger charge is -2.14. The molecule has 0 saturated carbocycles. The van der Waals surface area contributed by atoms with Gasteiger partial charge >= 0.3 is 0 Å². The molecule has 3 heteroatoms. The molecule has 94 valence electrons. The zero-order chi connectivity index (χ0) is 13.1. The van der Waals surface area contributed by atoms with E-state index in [4.69, 9.17) is 5.73 Å². The first-order chi connectivity index (χ1) is 8.56. The van der Waals surface area contributed by atoms with Crippen molar-refractivity contribution in [3.05, 3.63) is 58.8 Å². The Morgan fingerprint density at radius 2 is 2.00 bits per heavy atom. The third-order valence-electron chi connectivity index (χ3n) is 3.07. The lowest BCUT2D eigenvalue weighted by molar-refractivity contribution is 0.177. The number of benzene rings is 1. The van der Waals surface area contributed by atoms with Gasteiger partial charge < -0.3 is 10.8 Å². The summed E-state index contributed by atoms with van der Waals surface area (Å²) in [5, 5.41) is 10.3. The van der Waals surface area contributed by atoms with Crippen molar-refractivity contribution in [2.24, 2.45) is 0 Å². The normalized spacial score (nSPS) is 12.4. The zero-order valence-corrected chi connectivity index (χ0v) is 10.7. The van der Waals surface area contributed by atoms with Crippen molar-refractivity contribution in [2.45, 2.75) is 26.4 Å². The van der Waals surface area contributed by atoms with Gasteiger partial charge in [0.25, 0.3) is 0 Å². The number of anilines is 1. The molecule has 1 unspecified atom stereocenters. The highest BCUT2D eigenvalue weighted by Gasteiger charge is 2.11. The molecule has 2 aromatic rings. The quantitative estimate of drug-likeness (QED) is 0.869. The van der Waals surface area contributed by atoms with Crippen molar-refractivity contribution >= 4 is 5.82 Å². The summed E-state index contributed by atoms with van der Waals surface area (Å²) < 4.78 is 0. The third-order valence-corrected chi connectivity index (χ3v) is 3.07. The Balaban J connectivity index is 2.21. The number of aromatic nitrogens is 1. The molecule has 2 rings (SSSR count). The first kappa shape index (κ1) is 12.6. The largest absolute Gasteiger partial charge is 0.388 e. The Bertz CT molecular complexity index is 552. The van der Waals surface area contributed by atoms with E-state index in [1.807, 2.05) is 32.0 Å². The van der Waals surface area contributed by atoms with Crippen molar-refractivity contribution < 1.29 is 5.11 Å². The van der Waals surface area contributed by atoms with E-state index in [0.29, 0.717) is 12.2 Å². The monoisotopic (exact) mass is 242 g/mol. The van der Waals surface area contributed by atoms with Crippen LogP contribution in [-0.2, 0) is 6.42 Å². The van der Waals surface area contributed by atoms with Crippen molar-refractivity contribution in [1.82, 2.24) is 4.98 Å². The fourth-order valence-corrected chi connectivity index (χ4v) is 2.07. The lowest BCUT2D eigenvalue weighted by atomic mass is 9.96. The predicted octanol–water partition coefficient (Wildman–Crippen LogP) is 2.56. The van der Waals surface area contributed by atoms with Gasteiger partial charge in [-0.1, -0.05) is 23.8 Å². The number of aliphatic hydroxyl groups excluding tert-OH is 1. The summed E-state index contributed by atoms with van der Waals surface area (Å²) in [6, 6.07) is 9.80. The van der Waals surface area contributed by atoms with Crippen molar-refractivity contribution in [1.29, 1.82) is 0 Å². The van der Waals surface area contributed by atoms with Crippen molar-refractivity contribution in [3.63, 3.8) is 0 Å². The fourth-order valence-electron chi connectivity index (χ4n) is 2.07. The molecule has 1 atom stereocenters. The van der Waals surface area contributed by atoms with Gasteiger partial charge in [-0.15, -0.1) is 0 Å². The highest BCUT2D eigenvalue weighted by molar-refractivity contribution is 5.35. The Hall–Kier alpha value is -1.87. The topological polar surface area (TPSA) is 59.1 Å². The van der Waals surface area contributed by atoms with Crippen LogP contribution in [0.5, 0.6) is 0 Å². The second kappa shape index (κ2) is 5.19. The molecule has 0 bridgehead atoms. The molecule has 0 aliphatic carbocycles. The Morgan fingerprint density at radius 1 is 1.22 bits per heavy atom. The molecule has 0 spiro atoms. The average molecular weight is 242 g/mol. The number of aryl methyl sites for hydroxylation is 2. The zero-order valence-electron chi connectivity index (χ0n) is 10.7. The van der Waals surface area contributed by atoms with Gasteiger partial charge in [0.15, 0.2) is 0 Å². The Morgan fingerprint density at radius 3 is 2.72 bits per heavy atom. The number of nitrogens with two attached hydrogens (primary N) is 1. The van der Waals surface area contributed by atoms with E-state index in [1.54, 1.807) is 12.3 Å². The molecular weight excluding hydrogens is 224 g/mol.